The fourth-order valence-corrected chi connectivity index (χ4v) is 2.20. The van der Waals surface area contributed by atoms with Gasteiger partial charge in [0.15, 0.2) is 0 Å². The summed E-state index contributed by atoms with van der Waals surface area (Å²) in [5.41, 5.74) is 0.994. The second-order valence-electron chi connectivity index (χ2n) is 4.59. The molecule has 0 aromatic carbocycles. The van der Waals surface area contributed by atoms with Gasteiger partial charge in [0.1, 0.15) is 6.04 Å². The van der Waals surface area contributed by atoms with Crippen molar-refractivity contribution in [3.8, 4) is 0 Å². The average molecular weight is 323 g/mol. The summed E-state index contributed by atoms with van der Waals surface area (Å²) in [6, 6.07) is 0.716. The first-order valence-corrected chi connectivity index (χ1v) is 6.84. The van der Waals surface area contributed by atoms with Gasteiger partial charge in [-0.05, 0) is 6.07 Å². The van der Waals surface area contributed by atoms with Crippen molar-refractivity contribution in [2.24, 2.45) is 0 Å². The van der Waals surface area contributed by atoms with E-state index >= 15 is 0 Å². The molecule has 0 aliphatic heterocycles. The first-order valence-electron chi connectivity index (χ1n) is 6.46. The summed E-state index contributed by atoms with van der Waals surface area (Å²) < 4.78 is 4.79. The largest absolute Gasteiger partial charge is 0.467 e. The number of pyridine rings is 1. The minimum Gasteiger partial charge on any atom is -0.467 e. The fourth-order valence-electron chi connectivity index (χ4n) is 2.00. The molecule has 1 amide bonds. The zero-order valence-corrected chi connectivity index (χ0v) is 12.9. The molecule has 7 nitrogen and oxygen atoms in total. The lowest BCUT2D eigenvalue weighted by Crippen LogP contribution is -2.44. The fraction of sp³-hybridized carbons (Fsp3) is 0.286. The summed E-state index contributed by atoms with van der Waals surface area (Å²) in [5, 5.41) is 0.226. The molecular formula is C14H15ClN4O3. The number of esters is 1. The number of imidazole rings is 1. The molecule has 0 saturated carbocycles. The summed E-state index contributed by atoms with van der Waals surface area (Å²) in [5.74, 6) is -0.905. The van der Waals surface area contributed by atoms with Crippen molar-refractivity contribution in [2.75, 3.05) is 14.2 Å². The number of aromatic amines is 1. The van der Waals surface area contributed by atoms with Gasteiger partial charge in [-0.15, -0.1) is 0 Å². The van der Waals surface area contributed by atoms with E-state index in [2.05, 4.69) is 15.0 Å². The van der Waals surface area contributed by atoms with E-state index in [-0.39, 0.29) is 22.9 Å². The Balaban J connectivity index is 2.25. The number of nitrogens with one attached hydrogen (secondary N) is 1. The summed E-state index contributed by atoms with van der Waals surface area (Å²) in [7, 11) is 2.80. The molecule has 0 fully saturated rings. The van der Waals surface area contributed by atoms with Gasteiger partial charge in [0.2, 0.25) is 0 Å². The van der Waals surface area contributed by atoms with Gasteiger partial charge in [-0.3, -0.25) is 9.78 Å². The molecule has 1 N–H and O–H groups in total. The van der Waals surface area contributed by atoms with Crippen LogP contribution in [0.2, 0.25) is 5.02 Å². The van der Waals surface area contributed by atoms with E-state index < -0.39 is 12.0 Å². The zero-order valence-electron chi connectivity index (χ0n) is 12.1. The lowest BCUT2D eigenvalue weighted by Gasteiger charge is -2.26. The summed E-state index contributed by atoms with van der Waals surface area (Å²) in [4.78, 5) is 36.5. The van der Waals surface area contributed by atoms with Gasteiger partial charge < -0.3 is 14.6 Å². The molecule has 2 heterocycles. The maximum atomic E-state index is 12.5. The molecule has 8 heteroatoms. The molecule has 0 aliphatic rings. The van der Waals surface area contributed by atoms with Crippen molar-refractivity contribution in [3.05, 3.63) is 47.3 Å². The first-order chi connectivity index (χ1) is 10.5. The predicted molar refractivity (Wildman–Crippen MR) is 79.4 cm³/mol. The Kier molecular flexibility index (Phi) is 5.11. The van der Waals surface area contributed by atoms with Gasteiger partial charge in [-0.25, -0.2) is 9.78 Å². The van der Waals surface area contributed by atoms with Crippen LogP contribution in [0, 0.1) is 0 Å². The van der Waals surface area contributed by atoms with Crippen LogP contribution in [0.15, 0.2) is 31.0 Å². The highest BCUT2D eigenvalue weighted by Crippen LogP contribution is 2.18. The Hall–Kier alpha value is -2.41. The number of hydrogen-bond acceptors (Lipinski definition) is 5. The SMILES string of the molecule is COC(=O)[C@@H](Cc1cnc[nH]1)N(C)C(=O)c1ccncc1Cl. The van der Waals surface area contributed by atoms with Crippen LogP contribution in [0.25, 0.3) is 0 Å². The van der Waals surface area contributed by atoms with Gasteiger partial charge in [0.05, 0.1) is 24.0 Å². The van der Waals surface area contributed by atoms with Crippen LogP contribution in [0.5, 0.6) is 0 Å². The Morgan fingerprint density at radius 1 is 1.41 bits per heavy atom. The van der Waals surface area contributed by atoms with Crippen molar-refractivity contribution in [2.45, 2.75) is 12.5 Å². The first kappa shape index (κ1) is 16.0. The number of carbonyl (C=O) groups excluding carboxylic acids is 2. The third-order valence-electron chi connectivity index (χ3n) is 3.23. The highest BCUT2D eigenvalue weighted by Gasteiger charge is 2.30. The second-order valence-corrected chi connectivity index (χ2v) is 5.00. The van der Waals surface area contributed by atoms with Gasteiger partial charge in [-0.1, -0.05) is 11.6 Å². The highest BCUT2D eigenvalue weighted by atomic mass is 35.5. The molecule has 2 aromatic rings. The number of ether oxygens (including phenoxy) is 1. The molecule has 0 bridgehead atoms. The molecule has 2 rings (SSSR count). The lowest BCUT2D eigenvalue weighted by atomic mass is 10.1. The van der Waals surface area contributed by atoms with Gasteiger partial charge >= 0.3 is 5.97 Å². The van der Waals surface area contributed by atoms with E-state index in [9.17, 15) is 9.59 Å². The van der Waals surface area contributed by atoms with Crippen molar-refractivity contribution >= 4 is 23.5 Å². The van der Waals surface area contributed by atoms with Crippen LogP contribution < -0.4 is 0 Å². The average Bonchev–Trinajstić information content (AvgIpc) is 3.04. The van der Waals surface area contributed by atoms with Crippen LogP contribution in [0.3, 0.4) is 0 Å². The molecule has 0 radical (unpaired) electrons. The van der Waals surface area contributed by atoms with Crippen LogP contribution >= 0.6 is 11.6 Å². The number of carbonyl (C=O) groups is 2. The van der Waals surface area contributed by atoms with Crippen LogP contribution in [-0.4, -0.2) is 51.9 Å². The lowest BCUT2D eigenvalue weighted by molar-refractivity contribution is -0.145. The molecule has 0 saturated heterocycles. The molecule has 22 heavy (non-hydrogen) atoms. The van der Waals surface area contributed by atoms with Crippen LogP contribution in [0.4, 0.5) is 0 Å². The molecular weight excluding hydrogens is 308 g/mol. The Labute approximate surface area is 132 Å². The third-order valence-corrected chi connectivity index (χ3v) is 3.53. The molecule has 2 aromatic heterocycles. The van der Waals surface area contributed by atoms with Crippen molar-refractivity contribution in [1.29, 1.82) is 0 Å². The minimum atomic E-state index is -0.790. The van der Waals surface area contributed by atoms with E-state index in [1.165, 1.54) is 43.8 Å². The zero-order chi connectivity index (χ0) is 16.1. The van der Waals surface area contributed by atoms with E-state index in [0.29, 0.717) is 0 Å². The van der Waals surface area contributed by atoms with E-state index in [1.54, 1.807) is 6.20 Å². The molecule has 0 aliphatic carbocycles. The topological polar surface area (TPSA) is 88.2 Å². The van der Waals surface area contributed by atoms with Crippen molar-refractivity contribution in [1.82, 2.24) is 19.9 Å². The van der Waals surface area contributed by atoms with E-state index in [1.807, 2.05) is 0 Å². The van der Waals surface area contributed by atoms with Gasteiger partial charge in [-0.2, -0.15) is 0 Å². The smallest absolute Gasteiger partial charge is 0.328 e. The van der Waals surface area contributed by atoms with Crippen molar-refractivity contribution < 1.29 is 14.3 Å². The number of halogens is 1. The molecule has 0 spiro atoms. The molecule has 0 unspecified atom stereocenters. The van der Waals surface area contributed by atoms with Crippen molar-refractivity contribution in [3.63, 3.8) is 0 Å². The second kappa shape index (κ2) is 7.04. The number of hydrogen-bond donors (Lipinski definition) is 1. The number of H-pyrrole nitrogens is 1. The normalized spacial score (nSPS) is 11.8. The van der Waals surface area contributed by atoms with E-state index in [4.69, 9.17) is 16.3 Å². The predicted octanol–water partition coefficient (Wildman–Crippen LogP) is 1.31. The maximum absolute atomic E-state index is 12.5. The monoisotopic (exact) mass is 322 g/mol. The number of aromatic nitrogens is 3. The van der Waals surface area contributed by atoms with Gasteiger partial charge in [0.25, 0.3) is 5.91 Å². The number of likely N-dealkylation sites (N-methyl/N-ethyl adjacent to an activating group) is 1. The maximum Gasteiger partial charge on any atom is 0.328 e. The number of methoxy groups -OCH3 is 1. The quantitative estimate of drug-likeness (QED) is 0.839. The Morgan fingerprint density at radius 2 is 2.18 bits per heavy atom. The van der Waals surface area contributed by atoms with Crippen LogP contribution in [0.1, 0.15) is 16.1 Å². The number of nitrogens with zero attached hydrogens (tertiary/aromatic N) is 3. The molecule has 1 atom stereocenters. The Morgan fingerprint density at radius 3 is 2.77 bits per heavy atom. The number of amides is 1. The molecule has 116 valence electrons. The standard InChI is InChI=1S/C14H15ClN4O3/c1-19(13(20)10-3-4-16-7-11(10)15)12(14(21)22-2)5-9-6-17-8-18-9/h3-4,6-8,12H,5H2,1-2H3,(H,17,18)/t12-/m1/s1. The summed E-state index contributed by atoms with van der Waals surface area (Å²) in [6.45, 7) is 0. The third kappa shape index (κ3) is 3.43. The summed E-state index contributed by atoms with van der Waals surface area (Å²) in [6.07, 6.45) is 6.20. The van der Waals surface area contributed by atoms with E-state index in [0.717, 1.165) is 5.69 Å². The Bertz CT molecular complexity index is 660. The summed E-state index contributed by atoms with van der Waals surface area (Å²) >= 11 is 5.98. The van der Waals surface area contributed by atoms with Crippen LogP contribution in [-0.2, 0) is 16.0 Å². The van der Waals surface area contributed by atoms with Gasteiger partial charge in [0, 0.05) is 37.8 Å². The highest BCUT2D eigenvalue weighted by molar-refractivity contribution is 6.33. The minimum absolute atomic E-state index is 0.226. The number of rotatable bonds is 5.